The highest BCUT2D eigenvalue weighted by Gasteiger charge is 2.51. The van der Waals surface area contributed by atoms with Gasteiger partial charge in [-0.05, 0) is 63.5 Å². The highest BCUT2D eigenvalue weighted by molar-refractivity contribution is 9.10. The minimum Gasteiger partial charge on any atom is -0.399 e. The number of rotatable bonds is 4. The van der Waals surface area contributed by atoms with Gasteiger partial charge in [-0.25, -0.2) is 4.98 Å². The molecule has 0 atom stereocenters. The molecule has 1 aromatic rings. The lowest BCUT2D eigenvalue weighted by Crippen LogP contribution is -2.41. The van der Waals surface area contributed by atoms with E-state index in [1.54, 1.807) is 0 Å². The van der Waals surface area contributed by atoms with Gasteiger partial charge in [0.2, 0.25) is 0 Å². The molecule has 0 aliphatic carbocycles. The van der Waals surface area contributed by atoms with Gasteiger partial charge in [-0.1, -0.05) is 0 Å². The minimum absolute atomic E-state index is 0.332. The Kier molecular flexibility index (Phi) is 4.71. The van der Waals surface area contributed by atoms with E-state index in [4.69, 9.17) is 9.31 Å². The smallest absolute Gasteiger partial charge is 0.399 e. The zero-order valence-electron chi connectivity index (χ0n) is 13.7. The fraction of sp³-hybridized carbons (Fsp3) is 0.667. The Morgan fingerprint density at radius 2 is 1.67 bits per heavy atom. The van der Waals surface area contributed by atoms with E-state index in [9.17, 15) is 0 Å². The fourth-order valence-corrected chi connectivity index (χ4v) is 2.93. The zero-order chi connectivity index (χ0) is 15.8. The van der Waals surface area contributed by atoms with E-state index in [1.165, 1.54) is 0 Å². The van der Waals surface area contributed by atoms with Gasteiger partial charge in [-0.2, -0.15) is 0 Å². The van der Waals surface area contributed by atoms with Crippen LogP contribution >= 0.6 is 15.9 Å². The van der Waals surface area contributed by atoms with Crippen molar-refractivity contribution >= 4 is 34.3 Å². The molecule has 116 valence electrons. The number of anilines is 1. The van der Waals surface area contributed by atoms with Gasteiger partial charge in [0, 0.05) is 24.7 Å². The number of hydrogen-bond donors (Lipinski definition) is 0. The first-order valence-electron chi connectivity index (χ1n) is 7.48. The number of halogens is 1. The van der Waals surface area contributed by atoms with Crippen LogP contribution in [0, 0.1) is 0 Å². The quantitative estimate of drug-likeness (QED) is 0.778. The Balaban J connectivity index is 2.26. The maximum absolute atomic E-state index is 6.06. The Hall–Kier alpha value is -0.585. The summed E-state index contributed by atoms with van der Waals surface area (Å²) in [6.07, 6.45) is 1.85. The van der Waals surface area contributed by atoms with Gasteiger partial charge in [0.25, 0.3) is 0 Å². The van der Waals surface area contributed by atoms with E-state index in [1.807, 2.05) is 12.3 Å². The van der Waals surface area contributed by atoms with E-state index in [0.29, 0.717) is 0 Å². The lowest BCUT2D eigenvalue weighted by Gasteiger charge is -2.32. The molecule has 1 saturated heterocycles. The van der Waals surface area contributed by atoms with Crippen molar-refractivity contribution in [3.05, 3.63) is 16.7 Å². The molecule has 0 saturated carbocycles. The molecule has 6 heteroatoms. The average Bonchev–Trinajstić information content (AvgIpc) is 2.61. The second-order valence-corrected chi connectivity index (χ2v) is 7.19. The predicted molar refractivity (Wildman–Crippen MR) is 91.2 cm³/mol. The molecule has 0 bridgehead atoms. The summed E-state index contributed by atoms with van der Waals surface area (Å²) in [5.74, 6) is 0.959. The van der Waals surface area contributed by atoms with Crippen LogP contribution in [0.15, 0.2) is 16.7 Å². The maximum atomic E-state index is 6.06. The summed E-state index contributed by atoms with van der Waals surface area (Å²) in [7, 11) is -0.371. The molecule has 0 radical (unpaired) electrons. The molecule has 0 amide bonds. The summed E-state index contributed by atoms with van der Waals surface area (Å²) in [6, 6.07) is 2.04. The molecule has 0 spiro atoms. The monoisotopic (exact) mass is 354 g/mol. The van der Waals surface area contributed by atoms with Gasteiger partial charge in [-0.15, -0.1) is 0 Å². The van der Waals surface area contributed by atoms with Crippen LogP contribution in [0.4, 0.5) is 5.82 Å². The summed E-state index contributed by atoms with van der Waals surface area (Å²) < 4.78 is 13.1. The Bertz CT molecular complexity index is 502. The van der Waals surface area contributed by atoms with E-state index in [2.05, 4.69) is 67.4 Å². The first kappa shape index (κ1) is 16.8. The third kappa shape index (κ3) is 3.12. The number of aromatic nitrogens is 1. The largest absolute Gasteiger partial charge is 0.496 e. The first-order chi connectivity index (χ1) is 9.71. The van der Waals surface area contributed by atoms with Crippen molar-refractivity contribution in [2.45, 2.75) is 52.7 Å². The highest BCUT2D eigenvalue weighted by atomic mass is 79.9. The average molecular weight is 355 g/mol. The van der Waals surface area contributed by atoms with Gasteiger partial charge in [0.1, 0.15) is 5.82 Å². The Labute approximate surface area is 136 Å². The standard InChI is InChI=1S/C15H24BBrN2O2/c1-7-19(8-2)13-12(17)9-11(10-18-13)16-20-14(3,4)15(5,6)21-16/h9-10H,7-8H2,1-6H3. The van der Waals surface area contributed by atoms with Crippen LogP contribution in [0.25, 0.3) is 0 Å². The van der Waals surface area contributed by atoms with E-state index < -0.39 is 0 Å². The molecule has 2 heterocycles. The summed E-state index contributed by atoms with van der Waals surface area (Å²) >= 11 is 3.62. The van der Waals surface area contributed by atoms with Gasteiger partial charge in [0.05, 0.1) is 15.7 Å². The van der Waals surface area contributed by atoms with Crippen molar-refractivity contribution in [1.82, 2.24) is 4.98 Å². The van der Waals surface area contributed by atoms with Gasteiger partial charge in [0.15, 0.2) is 0 Å². The van der Waals surface area contributed by atoms with E-state index >= 15 is 0 Å². The van der Waals surface area contributed by atoms with Crippen LogP contribution in [0.5, 0.6) is 0 Å². The van der Waals surface area contributed by atoms with Crippen LogP contribution in [0.3, 0.4) is 0 Å². The molecule has 0 unspecified atom stereocenters. The van der Waals surface area contributed by atoms with Crippen molar-refractivity contribution in [3.8, 4) is 0 Å². The molecule has 1 aliphatic heterocycles. The van der Waals surface area contributed by atoms with E-state index in [0.717, 1.165) is 28.8 Å². The van der Waals surface area contributed by atoms with Crippen molar-refractivity contribution < 1.29 is 9.31 Å². The normalized spacial score (nSPS) is 19.9. The summed E-state index contributed by atoms with van der Waals surface area (Å²) in [4.78, 5) is 6.79. The molecule has 0 N–H and O–H groups in total. The minimum atomic E-state index is -0.371. The molecule has 0 aromatic carbocycles. The van der Waals surface area contributed by atoms with Crippen LogP contribution < -0.4 is 10.4 Å². The Morgan fingerprint density at radius 3 is 2.10 bits per heavy atom. The molecule has 1 aromatic heterocycles. The molecular weight excluding hydrogens is 331 g/mol. The SMILES string of the molecule is CCN(CC)c1ncc(B2OC(C)(C)C(C)(C)O2)cc1Br. The van der Waals surface area contributed by atoms with Gasteiger partial charge in [-0.3, -0.25) is 0 Å². The molecule has 2 rings (SSSR count). The van der Waals surface area contributed by atoms with Crippen molar-refractivity contribution in [3.63, 3.8) is 0 Å². The van der Waals surface area contributed by atoms with Crippen LogP contribution in [0.2, 0.25) is 0 Å². The molecule has 1 aliphatic rings. The second-order valence-electron chi connectivity index (χ2n) is 6.33. The molecule has 1 fully saturated rings. The van der Waals surface area contributed by atoms with Crippen LogP contribution in [-0.2, 0) is 9.31 Å². The highest BCUT2D eigenvalue weighted by Crippen LogP contribution is 2.36. The van der Waals surface area contributed by atoms with Crippen molar-refractivity contribution in [1.29, 1.82) is 0 Å². The number of nitrogens with zero attached hydrogens (tertiary/aromatic N) is 2. The second kappa shape index (κ2) is 5.90. The number of hydrogen-bond acceptors (Lipinski definition) is 4. The summed E-state index contributed by atoms with van der Waals surface area (Å²) in [5.41, 5.74) is 0.278. The molecular formula is C15H24BBrN2O2. The van der Waals surface area contributed by atoms with Crippen molar-refractivity contribution in [2.24, 2.45) is 0 Å². The number of pyridine rings is 1. The third-order valence-electron chi connectivity index (χ3n) is 4.43. The summed E-state index contributed by atoms with van der Waals surface area (Å²) in [6.45, 7) is 14.3. The van der Waals surface area contributed by atoms with Crippen LogP contribution in [0.1, 0.15) is 41.5 Å². The van der Waals surface area contributed by atoms with E-state index in [-0.39, 0.29) is 18.3 Å². The zero-order valence-corrected chi connectivity index (χ0v) is 15.3. The fourth-order valence-electron chi connectivity index (χ4n) is 2.31. The lowest BCUT2D eigenvalue weighted by atomic mass is 9.80. The van der Waals surface area contributed by atoms with Gasteiger partial charge < -0.3 is 14.2 Å². The van der Waals surface area contributed by atoms with Gasteiger partial charge >= 0.3 is 7.12 Å². The third-order valence-corrected chi connectivity index (χ3v) is 5.01. The van der Waals surface area contributed by atoms with Crippen LogP contribution in [-0.4, -0.2) is 36.4 Å². The maximum Gasteiger partial charge on any atom is 0.496 e. The summed E-state index contributed by atoms with van der Waals surface area (Å²) in [5, 5.41) is 0. The lowest BCUT2D eigenvalue weighted by molar-refractivity contribution is 0.00578. The predicted octanol–water partition coefficient (Wildman–Crippen LogP) is 2.99. The Morgan fingerprint density at radius 1 is 1.14 bits per heavy atom. The first-order valence-corrected chi connectivity index (χ1v) is 8.27. The molecule has 4 nitrogen and oxygen atoms in total. The topological polar surface area (TPSA) is 34.6 Å². The molecule has 21 heavy (non-hydrogen) atoms. The van der Waals surface area contributed by atoms with Crippen molar-refractivity contribution in [2.75, 3.05) is 18.0 Å².